The molecule has 1 atom stereocenters. The molecule has 2 fully saturated rings. The zero-order chi connectivity index (χ0) is 21.9. The van der Waals surface area contributed by atoms with Crippen LogP contribution < -0.4 is 10.6 Å². The van der Waals surface area contributed by atoms with Crippen LogP contribution in [0.4, 0.5) is 0 Å². The summed E-state index contributed by atoms with van der Waals surface area (Å²) in [5.41, 5.74) is 2.99. The Labute approximate surface area is 211 Å². The predicted molar refractivity (Wildman–Crippen MR) is 143 cm³/mol. The van der Waals surface area contributed by atoms with Crippen molar-refractivity contribution in [3.8, 4) is 0 Å². The van der Waals surface area contributed by atoms with Crippen LogP contribution in [0.15, 0.2) is 29.3 Å². The smallest absolute Gasteiger partial charge is 0.191 e. The molecule has 182 valence electrons. The number of aliphatic imine (C=N–C) groups is 1. The van der Waals surface area contributed by atoms with Gasteiger partial charge in [0.2, 0.25) is 0 Å². The van der Waals surface area contributed by atoms with Gasteiger partial charge in [-0.3, -0.25) is 9.89 Å². The third kappa shape index (κ3) is 8.80. The Kier molecular flexibility index (Phi) is 12.3. The van der Waals surface area contributed by atoms with Gasteiger partial charge in [-0.2, -0.15) is 0 Å². The zero-order valence-corrected chi connectivity index (χ0v) is 22.5. The largest absolute Gasteiger partial charge is 0.382 e. The summed E-state index contributed by atoms with van der Waals surface area (Å²) in [6.45, 7) is 11.5. The molecule has 1 aliphatic carbocycles. The molecule has 1 aromatic rings. The van der Waals surface area contributed by atoms with E-state index < -0.39 is 0 Å². The summed E-state index contributed by atoms with van der Waals surface area (Å²) in [5.74, 6) is 0.884. The lowest BCUT2D eigenvalue weighted by Crippen LogP contribution is -2.43. The molecule has 0 spiro atoms. The van der Waals surface area contributed by atoms with E-state index in [9.17, 15) is 0 Å². The van der Waals surface area contributed by atoms with Gasteiger partial charge in [0.05, 0.1) is 12.7 Å². The topological polar surface area (TPSA) is 58.1 Å². The normalized spacial score (nSPS) is 21.2. The van der Waals surface area contributed by atoms with Gasteiger partial charge in [-0.1, -0.05) is 37.1 Å². The van der Waals surface area contributed by atoms with Crippen molar-refractivity contribution in [3.05, 3.63) is 35.4 Å². The Balaban J connectivity index is 0.00000363. The highest BCUT2D eigenvalue weighted by atomic mass is 127. The second kappa shape index (κ2) is 14.4. The average Bonchev–Trinajstić information content (AvgIpc) is 3.23. The molecular weight excluding hydrogens is 515 g/mol. The molecule has 1 saturated heterocycles. The summed E-state index contributed by atoms with van der Waals surface area (Å²) in [7, 11) is 1.85. The molecule has 2 aliphatic rings. The van der Waals surface area contributed by atoms with Gasteiger partial charge in [0.15, 0.2) is 5.96 Å². The average molecular weight is 559 g/mol. The van der Waals surface area contributed by atoms with E-state index in [4.69, 9.17) is 9.47 Å². The first-order valence-electron chi connectivity index (χ1n) is 12.1. The second-order valence-electron chi connectivity index (χ2n) is 9.17. The zero-order valence-electron chi connectivity index (χ0n) is 20.2. The summed E-state index contributed by atoms with van der Waals surface area (Å²) < 4.78 is 11.3. The van der Waals surface area contributed by atoms with Crippen LogP contribution in [0.1, 0.15) is 57.1 Å². The molecule has 3 rings (SSSR count). The van der Waals surface area contributed by atoms with Gasteiger partial charge in [0, 0.05) is 53.0 Å². The number of benzene rings is 1. The lowest BCUT2D eigenvalue weighted by atomic mass is 9.83. The number of guanidine groups is 1. The Morgan fingerprint density at radius 2 is 2.03 bits per heavy atom. The maximum absolute atomic E-state index is 5.66. The van der Waals surface area contributed by atoms with Gasteiger partial charge in [0.25, 0.3) is 0 Å². The third-order valence-electron chi connectivity index (χ3n) is 6.68. The van der Waals surface area contributed by atoms with E-state index in [1.807, 2.05) is 7.05 Å². The summed E-state index contributed by atoms with van der Waals surface area (Å²) >= 11 is 0. The predicted octanol–water partition coefficient (Wildman–Crippen LogP) is 4.18. The molecule has 0 radical (unpaired) electrons. The van der Waals surface area contributed by atoms with Crippen LogP contribution in [0.5, 0.6) is 0 Å². The molecule has 2 N–H and O–H groups in total. The number of nitrogens with zero attached hydrogens (tertiary/aromatic N) is 2. The fraction of sp³-hybridized carbons (Fsp3) is 0.720. The van der Waals surface area contributed by atoms with Crippen molar-refractivity contribution < 1.29 is 9.47 Å². The lowest BCUT2D eigenvalue weighted by Gasteiger charge is -2.31. The Hall–Kier alpha value is -0.900. The van der Waals surface area contributed by atoms with Gasteiger partial charge in [-0.15, -0.1) is 24.0 Å². The first-order chi connectivity index (χ1) is 15.1. The highest BCUT2D eigenvalue weighted by Crippen LogP contribution is 2.40. The number of halogens is 1. The Morgan fingerprint density at radius 1 is 1.25 bits per heavy atom. The van der Waals surface area contributed by atoms with Crippen LogP contribution in [0.2, 0.25) is 0 Å². The highest BCUT2D eigenvalue weighted by Gasteiger charge is 2.33. The number of morpholine rings is 1. The maximum atomic E-state index is 5.66. The van der Waals surface area contributed by atoms with E-state index in [1.165, 1.54) is 36.8 Å². The fourth-order valence-corrected chi connectivity index (χ4v) is 4.88. The molecule has 7 heteroatoms. The van der Waals surface area contributed by atoms with Crippen molar-refractivity contribution in [1.29, 1.82) is 0 Å². The molecule has 1 unspecified atom stereocenters. The summed E-state index contributed by atoms with van der Waals surface area (Å²) in [6, 6.07) is 8.87. The minimum Gasteiger partial charge on any atom is -0.382 e. The first-order valence-corrected chi connectivity index (χ1v) is 12.1. The molecule has 0 aromatic heterocycles. The van der Waals surface area contributed by atoms with Gasteiger partial charge >= 0.3 is 0 Å². The Bertz CT molecular complexity index is 694. The Morgan fingerprint density at radius 3 is 2.75 bits per heavy atom. The van der Waals surface area contributed by atoms with E-state index in [0.29, 0.717) is 11.5 Å². The number of rotatable bonds is 10. The van der Waals surface area contributed by atoms with E-state index in [0.717, 1.165) is 64.9 Å². The van der Waals surface area contributed by atoms with E-state index >= 15 is 0 Å². The summed E-state index contributed by atoms with van der Waals surface area (Å²) in [4.78, 5) is 6.93. The van der Waals surface area contributed by atoms with Crippen molar-refractivity contribution in [2.45, 2.75) is 65.1 Å². The first kappa shape index (κ1) is 27.3. The van der Waals surface area contributed by atoms with Crippen molar-refractivity contribution in [2.75, 3.05) is 46.5 Å². The molecule has 1 heterocycles. The molecule has 0 amide bonds. The molecular formula is C25H43IN4O2. The van der Waals surface area contributed by atoms with Gasteiger partial charge < -0.3 is 20.1 Å². The summed E-state index contributed by atoms with van der Waals surface area (Å²) in [6.07, 6.45) is 6.68. The molecule has 1 aromatic carbocycles. The van der Waals surface area contributed by atoms with Crippen molar-refractivity contribution in [3.63, 3.8) is 0 Å². The molecule has 1 aliphatic heterocycles. The number of hydrogen-bond donors (Lipinski definition) is 2. The highest BCUT2D eigenvalue weighted by molar-refractivity contribution is 14.0. The second-order valence-corrected chi connectivity index (χ2v) is 9.17. The lowest BCUT2D eigenvalue weighted by molar-refractivity contribution is -0.0212. The third-order valence-corrected chi connectivity index (χ3v) is 6.68. The summed E-state index contributed by atoms with van der Waals surface area (Å²) in [5, 5.41) is 7.10. The number of nitrogens with one attached hydrogen (secondary N) is 2. The van der Waals surface area contributed by atoms with Crippen LogP contribution in [-0.2, 0) is 22.6 Å². The molecule has 6 nitrogen and oxygen atoms in total. The van der Waals surface area contributed by atoms with Crippen LogP contribution in [0.25, 0.3) is 0 Å². The number of hydrogen-bond acceptors (Lipinski definition) is 4. The number of ether oxygens (including phenoxy) is 2. The van der Waals surface area contributed by atoms with Crippen molar-refractivity contribution in [1.82, 2.24) is 15.5 Å². The van der Waals surface area contributed by atoms with Crippen LogP contribution in [0, 0.1) is 5.41 Å². The molecule has 1 saturated carbocycles. The maximum Gasteiger partial charge on any atom is 0.191 e. The molecule has 32 heavy (non-hydrogen) atoms. The van der Waals surface area contributed by atoms with Crippen LogP contribution in [0.3, 0.4) is 0 Å². The van der Waals surface area contributed by atoms with Gasteiger partial charge in [0.1, 0.15) is 0 Å². The van der Waals surface area contributed by atoms with Crippen LogP contribution in [-0.4, -0.2) is 63.5 Å². The minimum atomic E-state index is 0. The molecule has 0 bridgehead atoms. The van der Waals surface area contributed by atoms with Crippen LogP contribution >= 0.6 is 24.0 Å². The standard InChI is InChI=1S/C25H42N4O2.HI/c1-4-30-14-12-25(10-5-6-11-25)20-28-24(26-3)27-17-22-8-7-9-23(16-22)19-29-13-15-31-21(2)18-29;/h7-9,16,21H,4-6,10-15,17-20H2,1-3H3,(H2,26,27,28);1H. The minimum absolute atomic E-state index is 0. The SMILES string of the molecule is CCOCCC1(CNC(=NC)NCc2cccc(CN3CCOC(C)C3)c2)CCCC1.I. The fourth-order valence-electron chi connectivity index (χ4n) is 4.88. The monoisotopic (exact) mass is 558 g/mol. The van der Waals surface area contributed by atoms with Crippen molar-refractivity contribution >= 4 is 29.9 Å². The van der Waals surface area contributed by atoms with Gasteiger partial charge in [-0.05, 0) is 49.7 Å². The van der Waals surface area contributed by atoms with E-state index in [-0.39, 0.29) is 24.0 Å². The van der Waals surface area contributed by atoms with E-state index in [2.05, 4.69) is 58.6 Å². The van der Waals surface area contributed by atoms with E-state index in [1.54, 1.807) is 0 Å². The van der Waals surface area contributed by atoms with Crippen molar-refractivity contribution in [2.24, 2.45) is 10.4 Å². The quantitative estimate of drug-likeness (QED) is 0.195. The van der Waals surface area contributed by atoms with Gasteiger partial charge in [-0.25, -0.2) is 0 Å².